The molecule has 0 aromatic heterocycles. The van der Waals surface area contributed by atoms with Crippen LogP contribution in [-0.2, 0) is 4.79 Å². The van der Waals surface area contributed by atoms with Gasteiger partial charge in [0.05, 0.1) is 5.69 Å². The highest BCUT2D eigenvalue weighted by Gasteiger charge is 2.15. The summed E-state index contributed by atoms with van der Waals surface area (Å²) in [5.41, 5.74) is 2.24. The number of carbonyl (C=O) groups is 1. The maximum Gasteiger partial charge on any atom is 0.262 e. The quantitative estimate of drug-likeness (QED) is 0.909. The zero-order valence-electron chi connectivity index (χ0n) is 13.7. The molecule has 4 nitrogen and oxygen atoms in total. The van der Waals surface area contributed by atoms with Gasteiger partial charge in [-0.3, -0.25) is 4.79 Å². The lowest BCUT2D eigenvalue weighted by Gasteiger charge is -2.19. The minimum Gasteiger partial charge on any atom is -0.484 e. The number of nitrogens with zero attached hydrogens (tertiary/aromatic N) is 1. The summed E-state index contributed by atoms with van der Waals surface area (Å²) in [6.07, 6.45) is 2.28. The van der Waals surface area contributed by atoms with E-state index < -0.39 is 5.82 Å². The van der Waals surface area contributed by atoms with Crippen LogP contribution in [0.3, 0.4) is 0 Å². The third-order valence-corrected chi connectivity index (χ3v) is 4.09. The summed E-state index contributed by atoms with van der Waals surface area (Å²) >= 11 is 0. The number of ether oxygens (including phenoxy) is 1. The number of amides is 1. The van der Waals surface area contributed by atoms with Crippen LogP contribution >= 0.6 is 0 Å². The van der Waals surface area contributed by atoms with Crippen molar-refractivity contribution in [2.24, 2.45) is 0 Å². The smallest absolute Gasteiger partial charge is 0.262 e. The minimum absolute atomic E-state index is 0.156. The lowest BCUT2D eigenvalue weighted by atomic mass is 10.2. The Morgan fingerprint density at radius 2 is 1.88 bits per heavy atom. The van der Waals surface area contributed by atoms with Crippen LogP contribution in [0, 0.1) is 12.7 Å². The first-order chi connectivity index (χ1) is 11.6. The van der Waals surface area contributed by atoms with Crippen molar-refractivity contribution >= 4 is 17.3 Å². The number of hydrogen-bond donors (Lipinski definition) is 1. The second-order valence-corrected chi connectivity index (χ2v) is 6.01. The van der Waals surface area contributed by atoms with E-state index in [4.69, 9.17) is 4.74 Å². The molecule has 1 fully saturated rings. The molecule has 1 heterocycles. The Kier molecular flexibility index (Phi) is 4.99. The van der Waals surface area contributed by atoms with Crippen molar-refractivity contribution in [3.8, 4) is 5.75 Å². The van der Waals surface area contributed by atoms with Crippen molar-refractivity contribution in [3.63, 3.8) is 0 Å². The Morgan fingerprint density at radius 3 is 2.58 bits per heavy atom. The fraction of sp³-hybridized carbons (Fsp3) is 0.316. The number of halogens is 1. The van der Waals surface area contributed by atoms with E-state index >= 15 is 0 Å². The second-order valence-electron chi connectivity index (χ2n) is 6.01. The molecule has 0 saturated carbocycles. The Labute approximate surface area is 141 Å². The lowest BCUT2D eigenvalue weighted by molar-refractivity contribution is -0.118. The van der Waals surface area contributed by atoms with E-state index in [0.717, 1.165) is 37.2 Å². The van der Waals surface area contributed by atoms with Gasteiger partial charge in [-0.05, 0) is 50.1 Å². The molecule has 1 N–H and O–H groups in total. The van der Waals surface area contributed by atoms with Crippen molar-refractivity contribution in [2.75, 3.05) is 29.9 Å². The molecule has 126 valence electrons. The first-order valence-electron chi connectivity index (χ1n) is 8.15. The average molecular weight is 328 g/mol. The van der Waals surface area contributed by atoms with Crippen LogP contribution in [0.25, 0.3) is 0 Å². The molecule has 0 atom stereocenters. The molecule has 3 rings (SSSR count). The van der Waals surface area contributed by atoms with Gasteiger partial charge in [0.15, 0.2) is 6.61 Å². The number of anilines is 2. The molecule has 1 saturated heterocycles. The molecule has 0 aliphatic carbocycles. The predicted molar refractivity (Wildman–Crippen MR) is 93.2 cm³/mol. The van der Waals surface area contributed by atoms with E-state index in [1.54, 1.807) is 24.3 Å². The van der Waals surface area contributed by atoms with Gasteiger partial charge in [-0.1, -0.05) is 17.7 Å². The van der Waals surface area contributed by atoms with Gasteiger partial charge in [0.25, 0.3) is 5.91 Å². The highest BCUT2D eigenvalue weighted by molar-refractivity contribution is 5.92. The highest BCUT2D eigenvalue weighted by Crippen LogP contribution is 2.25. The molecule has 0 spiro atoms. The lowest BCUT2D eigenvalue weighted by Crippen LogP contribution is -2.22. The first-order valence-corrected chi connectivity index (χ1v) is 8.15. The fourth-order valence-corrected chi connectivity index (χ4v) is 2.75. The van der Waals surface area contributed by atoms with Gasteiger partial charge in [-0.2, -0.15) is 0 Å². The van der Waals surface area contributed by atoms with Crippen LogP contribution in [0.4, 0.5) is 15.8 Å². The van der Waals surface area contributed by atoms with Crippen LogP contribution in [0.1, 0.15) is 18.4 Å². The second kappa shape index (κ2) is 7.34. The van der Waals surface area contributed by atoms with E-state index in [9.17, 15) is 9.18 Å². The number of nitrogens with one attached hydrogen (secondary N) is 1. The van der Waals surface area contributed by atoms with Crippen molar-refractivity contribution < 1.29 is 13.9 Å². The van der Waals surface area contributed by atoms with Gasteiger partial charge in [-0.25, -0.2) is 4.39 Å². The fourth-order valence-electron chi connectivity index (χ4n) is 2.75. The highest BCUT2D eigenvalue weighted by atomic mass is 19.1. The van der Waals surface area contributed by atoms with Gasteiger partial charge in [0.1, 0.15) is 11.6 Å². The molecule has 1 aliphatic heterocycles. The summed E-state index contributed by atoms with van der Waals surface area (Å²) in [5.74, 6) is -0.211. The Hall–Kier alpha value is -2.56. The summed E-state index contributed by atoms with van der Waals surface area (Å²) in [7, 11) is 0. The first kappa shape index (κ1) is 16.3. The zero-order valence-corrected chi connectivity index (χ0v) is 13.7. The van der Waals surface area contributed by atoms with Crippen molar-refractivity contribution in [1.82, 2.24) is 0 Å². The molecule has 24 heavy (non-hydrogen) atoms. The van der Waals surface area contributed by atoms with Crippen molar-refractivity contribution in [2.45, 2.75) is 19.8 Å². The molecule has 2 aromatic rings. The van der Waals surface area contributed by atoms with Gasteiger partial charge < -0.3 is 15.0 Å². The van der Waals surface area contributed by atoms with Gasteiger partial charge in [0.2, 0.25) is 0 Å². The summed E-state index contributed by atoms with van der Waals surface area (Å²) in [4.78, 5) is 14.2. The van der Waals surface area contributed by atoms with E-state index in [2.05, 4.69) is 10.2 Å². The summed E-state index contributed by atoms with van der Waals surface area (Å²) in [6, 6.07) is 12.3. The minimum atomic E-state index is -0.443. The monoisotopic (exact) mass is 328 g/mol. The average Bonchev–Trinajstić information content (AvgIpc) is 3.11. The molecule has 0 bridgehead atoms. The number of hydrogen-bond acceptors (Lipinski definition) is 3. The summed E-state index contributed by atoms with van der Waals surface area (Å²) < 4.78 is 19.4. The Bertz CT molecular complexity index is 710. The SMILES string of the molecule is Cc1ccc(OCC(=O)Nc2cc(N3CCCC3)ccc2F)cc1. The van der Waals surface area contributed by atoms with E-state index in [1.807, 2.05) is 19.1 Å². The topological polar surface area (TPSA) is 41.6 Å². The zero-order chi connectivity index (χ0) is 16.9. The van der Waals surface area contributed by atoms with Crippen molar-refractivity contribution in [1.29, 1.82) is 0 Å². The predicted octanol–water partition coefficient (Wildman–Crippen LogP) is 3.75. The molecule has 1 aliphatic rings. The molecular weight excluding hydrogens is 307 g/mol. The number of benzene rings is 2. The van der Waals surface area contributed by atoms with Crippen LogP contribution in [-0.4, -0.2) is 25.6 Å². The Morgan fingerprint density at radius 1 is 1.17 bits per heavy atom. The normalized spacial score (nSPS) is 13.8. The van der Waals surface area contributed by atoms with Crippen LogP contribution in [0.2, 0.25) is 0 Å². The van der Waals surface area contributed by atoms with Crippen molar-refractivity contribution in [3.05, 3.63) is 53.8 Å². The molecule has 5 heteroatoms. The van der Waals surface area contributed by atoms with Crippen LogP contribution in [0.5, 0.6) is 5.75 Å². The maximum atomic E-state index is 14.0. The van der Waals surface area contributed by atoms with E-state index in [-0.39, 0.29) is 18.2 Å². The van der Waals surface area contributed by atoms with E-state index in [0.29, 0.717) is 5.75 Å². The number of carbonyl (C=O) groups excluding carboxylic acids is 1. The Balaban J connectivity index is 1.60. The van der Waals surface area contributed by atoms with Crippen LogP contribution in [0.15, 0.2) is 42.5 Å². The summed E-state index contributed by atoms with van der Waals surface area (Å²) in [6.45, 7) is 3.76. The molecular formula is C19H21FN2O2. The standard InChI is InChI=1S/C19H21FN2O2/c1-14-4-7-16(8-5-14)24-13-19(23)21-18-12-15(6-9-17(18)20)22-10-2-3-11-22/h4-9,12H,2-3,10-11,13H2,1H3,(H,21,23). The maximum absolute atomic E-state index is 14.0. The van der Waals surface area contributed by atoms with Crippen LogP contribution < -0.4 is 15.0 Å². The van der Waals surface area contributed by atoms with E-state index in [1.165, 1.54) is 6.07 Å². The summed E-state index contributed by atoms with van der Waals surface area (Å²) in [5, 5.41) is 2.59. The number of rotatable bonds is 5. The third-order valence-electron chi connectivity index (χ3n) is 4.09. The third kappa shape index (κ3) is 4.04. The molecule has 0 unspecified atom stereocenters. The largest absolute Gasteiger partial charge is 0.484 e. The van der Waals surface area contributed by atoms with Gasteiger partial charge >= 0.3 is 0 Å². The number of aryl methyl sites for hydroxylation is 1. The molecule has 1 amide bonds. The van der Waals surface area contributed by atoms with Gasteiger partial charge in [-0.15, -0.1) is 0 Å². The molecule has 0 radical (unpaired) electrons. The van der Waals surface area contributed by atoms with Gasteiger partial charge in [0, 0.05) is 18.8 Å². The molecule has 2 aromatic carbocycles.